The van der Waals surface area contributed by atoms with Crippen LogP contribution in [0.1, 0.15) is 0 Å². The number of nitrogens with zero attached hydrogens (tertiary/aromatic N) is 5. The Balaban J connectivity index is 1.10. The van der Waals surface area contributed by atoms with Gasteiger partial charge >= 0.3 is 0 Å². The largest absolute Gasteiger partial charge is 0.309 e. The smallest absolute Gasteiger partial charge is 0.238 e. The maximum absolute atomic E-state index is 5.44. The van der Waals surface area contributed by atoms with Crippen molar-refractivity contribution in [2.24, 2.45) is 0 Å². The SMILES string of the molecule is c1ccc(-c2cccc(-n3c4cc5c6ccccc6c6ccccc6c5cc4c4cc5c6cc7c8ccccc8c8ccccc8c7cc6n(-c6nc(-c7ccccc7)nc(-c7ccccc7)n6)c5cc43)c2)cc1. The molecule has 3 heterocycles. The van der Waals surface area contributed by atoms with Crippen LogP contribution in [-0.4, -0.2) is 24.1 Å². The van der Waals surface area contributed by atoms with Gasteiger partial charge in [-0.1, -0.05) is 200 Å². The highest BCUT2D eigenvalue weighted by Gasteiger charge is 2.24. The number of hydrogen-bond acceptors (Lipinski definition) is 3. The van der Waals surface area contributed by atoms with E-state index in [9.17, 15) is 0 Å². The third kappa shape index (κ3) is 6.01. The maximum Gasteiger partial charge on any atom is 0.238 e. The van der Waals surface area contributed by atoms with Crippen molar-refractivity contribution in [2.45, 2.75) is 0 Å². The van der Waals surface area contributed by atoms with Gasteiger partial charge in [0, 0.05) is 38.4 Å². The van der Waals surface area contributed by atoms with Crippen LogP contribution in [0.2, 0.25) is 0 Å². The minimum atomic E-state index is 0.555. The van der Waals surface area contributed by atoms with Crippen molar-refractivity contribution in [1.29, 1.82) is 0 Å². The predicted octanol–water partition coefficient (Wildman–Crippen LogP) is 18.0. The highest BCUT2D eigenvalue weighted by Crippen LogP contribution is 2.46. The molecule has 3 aromatic heterocycles. The van der Waals surface area contributed by atoms with Crippen LogP contribution in [-0.2, 0) is 0 Å². The molecule has 16 aromatic rings. The lowest BCUT2D eigenvalue weighted by Gasteiger charge is -2.14. The molecule has 0 spiro atoms. The van der Waals surface area contributed by atoms with Gasteiger partial charge in [0.05, 0.1) is 22.1 Å². The van der Waals surface area contributed by atoms with E-state index in [0.29, 0.717) is 17.6 Å². The van der Waals surface area contributed by atoms with Crippen molar-refractivity contribution in [2.75, 3.05) is 0 Å². The lowest BCUT2D eigenvalue weighted by atomic mass is 9.93. The van der Waals surface area contributed by atoms with Gasteiger partial charge in [-0.05, 0) is 124 Å². The molecule has 0 aliphatic carbocycles. The Kier molecular flexibility index (Phi) is 8.68. The molecule has 0 amide bonds. The zero-order valence-electron chi connectivity index (χ0n) is 39.9. The van der Waals surface area contributed by atoms with Crippen molar-refractivity contribution in [3.8, 4) is 45.5 Å². The molecule has 5 heteroatoms. The molecule has 5 nitrogen and oxygen atoms in total. The van der Waals surface area contributed by atoms with Crippen LogP contribution in [0.3, 0.4) is 0 Å². The van der Waals surface area contributed by atoms with Crippen molar-refractivity contribution in [3.05, 3.63) is 249 Å². The Morgan fingerprint density at radius 3 is 0.973 bits per heavy atom. The summed E-state index contributed by atoms with van der Waals surface area (Å²) in [6.45, 7) is 0. The first-order valence-corrected chi connectivity index (χ1v) is 25.3. The van der Waals surface area contributed by atoms with Gasteiger partial charge in [0.25, 0.3) is 0 Å². The van der Waals surface area contributed by atoms with Crippen LogP contribution < -0.4 is 0 Å². The third-order valence-corrected chi connectivity index (χ3v) is 15.5. The fourth-order valence-corrected chi connectivity index (χ4v) is 12.2. The standard InChI is InChI=1S/C69H41N5/c1-4-19-42(20-5-1)45-25-18-26-46(35-45)73-63-39-57-53-33-16-12-29-49(53)47-27-10-14-31-51(47)55(57)36-59(63)61-38-62-60-37-56-52-32-15-11-28-48(52)50-30-13-17-34-54(50)58(56)40-64(60)74(66(62)41-65(61)73)69-71-67(43-21-6-2-7-22-43)70-68(72-69)44-23-8-3-9-24-44/h1-41H. The molecule has 0 saturated heterocycles. The Bertz CT molecular complexity index is 4940. The van der Waals surface area contributed by atoms with E-state index in [4.69, 9.17) is 15.0 Å². The van der Waals surface area contributed by atoms with Crippen LogP contribution in [0.5, 0.6) is 0 Å². The fourth-order valence-electron chi connectivity index (χ4n) is 12.2. The fraction of sp³-hybridized carbons (Fsp3) is 0. The van der Waals surface area contributed by atoms with E-state index in [1.807, 2.05) is 36.4 Å². The van der Waals surface area contributed by atoms with Crippen molar-refractivity contribution >= 4 is 108 Å². The van der Waals surface area contributed by atoms with E-state index < -0.39 is 0 Å². The van der Waals surface area contributed by atoms with E-state index in [1.54, 1.807) is 0 Å². The van der Waals surface area contributed by atoms with E-state index >= 15 is 0 Å². The summed E-state index contributed by atoms with van der Waals surface area (Å²) < 4.78 is 4.78. The number of fused-ring (bicyclic) bond motifs is 18. The second-order valence-corrected chi connectivity index (χ2v) is 19.5. The summed E-state index contributed by atoms with van der Waals surface area (Å²) in [5.41, 5.74) is 9.51. The summed E-state index contributed by atoms with van der Waals surface area (Å²) in [5.74, 6) is 1.78. The van der Waals surface area contributed by atoms with Crippen molar-refractivity contribution in [1.82, 2.24) is 24.1 Å². The van der Waals surface area contributed by atoms with Gasteiger partial charge < -0.3 is 4.57 Å². The monoisotopic (exact) mass is 939 g/mol. The molecular formula is C69H41N5. The molecular weight excluding hydrogens is 899 g/mol. The van der Waals surface area contributed by atoms with E-state index in [-0.39, 0.29) is 0 Å². The van der Waals surface area contributed by atoms with Crippen LogP contribution >= 0.6 is 0 Å². The highest BCUT2D eigenvalue weighted by molar-refractivity contribution is 6.32. The summed E-state index contributed by atoms with van der Waals surface area (Å²) in [6, 6.07) is 90.2. The molecule has 0 aliphatic heterocycles. The second kappa shape index (κ2) is 15.8. The van der Waals surface area contributed by atoms with Gasteiger partial charge in [0.1, 0.15) is 0 Å². The van der Waals surface area contributed by atoms with Crippen molar-refractivity contribution < 1.29 is 0 Å². The Hall–Kier alpha value is -9.97. The van der Waals surface area contributed by atoms with Crippen LogP contribution in [0, 0.1) is 0 Å². The third-order valence-electron chi connectivity index (χ3n) is 15.5. The topological polar surface area (TPSA) is 48.5 Å². The molecule has 0 saturated carbocycles. The number of benzene rings is 13. The lowest BCUT2D eigenvalue weighted by Crippen LogP contribution is -2.06. The van der Waals surface area contributed by atoms with Crippen molar-refractivity contribution in [3.63, 3.8) is 0 Å². The average Bonchev–Trinajstić information content (AvgIpc) is 3.99. The van der Waals surface area contributed by atoms with Gasteiger partial charge in [0.2, 0.25) is 5.95 Å². The van der Waals surface area contributed by atoms with E-state index in [1.165, 1.54) is 81.0 Å². The van der Waals surface area contributed by atoms with Crippen LogP contribution in [0.15, 0.2) is 249 Å². The molecule has 0 N–H and O–H groups in total. The zero-order chi connectivity index (χ0) is 48.4. The average molecular weight is 940 g/mol. The first-order chi connectivity index (χ1) is 36.7. The minimum Gasteiger partial charge on any atom is -0.309 e. The van der Waals surface area contributed by atoms with Gasteiger partial charge in [0.15, 0.2) is 11.6 Å². The molecule has 342 valence electrons. The first-order valence-electron chi connectivity index (χ1n) is 25.3. The summed E-state index contributed by atoms with van der Waals surface area (Å²) in [4.78, 5) is 16.0. The summed E-state index contributed by atoms with van der Waals surface area (Å²) in [6.07, 6.45) is 0. The van der Waals surface area contributed by atoms with Gasteiger partial charge in [-0.25, -0.2) is 4.98 Å². The second-order valence-electron chi connectivity index (χ2n) is 19.5. The maximum atomic E-state index is 5.44. The summed E-state index contributed by atoms with van der Waals surface area (Å²) >= 11 is 0. The van der Waals surface area contributed by atoms with E-state index in [2.05, 4.69) is 221 Å². The predicted molar refractivity (Wildman–Crippen MR) is 310 cm³/mol. The Morgan fingerprint density at radius 2 is 0.527 bits per heavy atom. The number of rotatable bonds is 5. The lowest BCUT2D eigenvalue weighted by molar-refractivity contribution is 0.954. The van der Waals surface area contributed by atoms with Gasteiger partial charge in [-0.3, -0.25) is 4.57 Å². The molecule has 0 fully saturated rings. The number of aromatic nitrogens is 5. The molecule has 0 aliphatic rings. The number of hydrogen-bond donors (Lipinski definition) is 0. The molecule has 74 heavy (non-hydrogen) atoms. The highest BCUT2D eigenvalue weighted by atomic mass is 15.2. The summed E-state index contributed by atoms with van der Waals surface area (Å²) in [7, 11) is 0. The molecule has 16 rings (SSSR count). The van der Waals surface area contributed by atoms with E-state index in [0.717, 1.165) is 55.2 Å². The molecule has 13 aromatic carbocycles. The van der Waals surface area contributed by atoms with Gasteiger partial charge in [-0.2, -0.15) is 9.97 Å². The van der Waals surface area contributed by atoms with Crippen LogP contribution in [0.25, 0.3) is 154 Å². The zero-order valence-corrected chi connectivity index (χ0v) is 39.9. The van der Waals surface area contributed by atoms with Crippen LogP contribution in [0.4, 0.5) is 0 Å². The minimum absolute atomic E-state index is 0.555. The Morgan fingerprint density at radius 1 is 0.203 bits per heavy atom. The first kappa shape index (κ1) is 40.7. The molecule has 0 unspecified atom stereocenters. The molecule has 0 atom stereocenters. The van der Waals surface area contributed by atoms with Gasteiger partial charge in [-0.15, -0.1) is 0 Å². The molecule has 0 bridgehead atoms. The normalized spacial score (nSPS) is 12.1. The molecule has 0 radical (unpaired) electrons. The quantitative estimate of drug-likeness (QED) is 0.162. The Labute approximate surface area is 424 Å². The summed E-state index contributed by atoms with van der Waals surface area (Å²) in [5, 5.41) is 19.4.